The molecule has 7 heteroatoms. The van der Waals surface area contributed by atoms with Crippen LogP contribution in [0.15, 0.2) is 18.2 Å². The van der Waals surface area contributed by atoms with E-state index in [2.05, 4.69) is 4.65 Å². The molecular weight excluding hydrogens is 227 g/mol. The second kappa shape index (κ2) is 7.00. The van der Waals surface area contributed by atoms with Gasteiger partial charge in [-0.05, 0) is 12.1 Å². The highest BCUT2D eigenvalue weighted by atomic mass is 16.6. The molecule has 0 unspecified atom stereocenters. The van der Waals surface area contributed by atoms with Gasteiger partial charge < -0.3 is 28.9 Å². The first kappa shape index (κ1) is 13.6. The van der Waals surface area contributed by atoms with E-state index in [-0.39, 0.29) is 5.75 Å². The summed E-state index contributed by atoms with van der Waals surface area (Å²) in [5.41, 5.74) is 0. The maximum atomic E-state index is 8.66. The lowest BCUT2D eigenvalue weighted by molar-refractivity contribution is 0.144. The van der Waals surface area contributed by atoms with Crippen LogP contribution in [0, 0.1) is 0 Å². The number of ether oxygens (including phenoxy) is 3. The van der Waals surface area contributed by atoms with Gasteiger partial charge in [-0.25, -0.2) is 0 Å². The summed E-state index contributed by atoms with van der Waals surface area (Å²) in [6, 6.07) is 4.66. The van der Waals surface area contributed by atoms with E-state index in [0.29, 0.717) is 24.7 Å². The molecular formula is C10H15BO6. The number of rotatable bonds is 7. The Bertz CT molecular complexity index is 344. The molecule has 0 aliphatic heterocycles. The van der Waals surface area contributed by atoms with E-state index in [1.54, 1.807) is 19.2 Å². The van der Waals surface area contributed by atoms with Gasteiger partial charge in [-0.3, -0.25) is 0 Å². The minimum absolute atomic E-state index is 0.274. The van der Waals surface area contributed by atoms with Gasteiger partial charge in [-0.1, -0.05) is 0 Å². The van der Waals surface area contributed by atoms with E-state index in [1.807, 2.05) is 0 Å². The summed E-state index contributed by atoms with van der Waals surface area (Å²) in [7, 11) is 1.21. The largest absolute Gasteiger partial charge is 0.707 e. The first-order chi connectivity index (χ1) is 8.17. The molecule has 0 saturated carbocycles. The van der Waals surface area contributed by atoms with Crippen LogP contribution in [-0.4, -0.2) is 44.8 Å². The van der Waals surface area contributed by atoms with Crippen molar-refractivity contribution < 1.29 is 28.9 Å². The normalized spacial score (nSPS) is 9.88. The van der Waals surface area contributed by atoms with Crippen molar-refractivity contribution in [3.8, 4) is 17.2 Å². The average molecular weight is 242 g/mol. The van der Waals surface area contributed by atoms with Crippen molar-refractivity contribution in [2.45, 2.75) is 0 Å². The second-order valence-electron chi connectivity index (χ2n) is 3.10. The van der Waals surface area contributed by atoms with Gasteiger partial charge in [0.25, 0.3) is 0 Å². The van der Waals surface area contributed by atoms with Crippen LogP contribution in [0.5, 0.6) is 17.2 Å². The molecule has 1 aromatic rings. The first-order valence-corrected chi connectivity index (χ1v) is 5.00. The monoisotopic (exact) mass is 242 g/mol. The highest BCUT2D eigenvalue weighted by molar-refractivity contribution is 6.33. The Morgan fingerprint density at radius 1 is 1.12 bits per heavy atom. The van der Waals surface area contributed by atoms with Crippen molar-refractivity contribution in [1.29, 1.82) is 0 Å². The SMILES string of the molecule is COCCOc1ccc(OB(O)O)cc1OC. The lowest BCUT2D eigenvalue weighted by atomic mass is 10.2. The summed E-state index contributed by atoms with van der Waals surface area (Å²) in [5, 5.41) is 17.3. The van der Waals surface area contributed by atoms with E-state index in [4.69, 9.17) is 24.3 Å². The molecule has 2 N–H and O–H groups in total. The third-order valence-corrected chi connectivity index (χ3v) is 1.92. The highest BCUT2D eigenvalue weighted by Gasteiger charge is 2.13. The standard InChI is InChI=1S/C10H15BO6/c1-14-5-6-16-9-4-3-8(17-11(12)13)7-10(9)15-2/h3-4,7,12-13H,5-6H2,1-2H3. The van der Waals surface area contributed by atoms with Crippen LogP contribution >= 0.6 is 0 Å². The molecule has 0 saturated heterocycles. The van der Waals surface area contributed by atoms with Gasteiger partial charge in [0, 0.05) is 13.2 Å². The number of methoxy groups -OCH3 is 2. The van der Waals surface area contributed by atoms with Crippen molar-refractivity contribution in [1.82, 2.24) is 0 Å². The molecule has 0 aliphatic carbocycles. The van der Waals surface area contributed by atoms with Crippen molar-refractivity contribution in [2.75, 3.05) is 27.4 Å². The van der Waals surface area contributed by atoms with E-state index in [9.17, 15) is 0 Å². The molecule has 1 rings (SSSR count). The molecule has 1 aromatic carbocycles. The van der Waals surface area contributed by atoms with Gasteiger partial charge in [-0.15, -0.1) is 0 Å². The van der Waals surface area contributed by atoms with Crippen molar-refractivity contribution >= 4 is 7.32 Å². The molecule has 0 spiro atoms. The topological polar surface area (TPSA) is 77.4 Å². The van der Waals surface area contributed by atoms with Gasteiger partial charge in [0.2, 0.25) is 0 Å². The van der Waals surface area contributed by atoms with Crippen molar-refractivity contribution in [3.63, 3.8) is 0 Å². The lowest BCUT2D eigenvalue weighted by Gasteiger charge is -2.12. The van der Waals surface area contributed by atoms with Gasteiger partial charge in [-0.2, -0.15) is 0 Å². The zero-order valence-corrected chi connectivity index (χ0v) is 9.75. The van der Waals surface area contributed by atoms with Crippen LogP contribution in [0.2, 0.25) is 0 Å². The molecule has 0 aliphatic rings. The predicted molar refractivity (Wildman–Crippen MR) is 61.2 cm³/mol. The zero-order valence-electron chi connectivity index (χ0n) is 9.75. The summed E-state index contributed by atoms with van der Waals surface area (Å²) in [5.74, 6) is 1.25. The zero-order chi connectivity index (χ0) is 12.7. The Hall–Kier alpha value is -1.44. The van der Waals surface area contributed by atoms with Gasteiger partial charge in [0.1, 0.15) is 12.4 Å². The van der Waals surface area contributed by atoms with E-state index in [1.165, 1.54) is 13.2 Å². The predicted octanol–water partition coefficient (Wildman–Crippen LogP) is 0.0687. The molecule has 0 bridgehead atoms. The fourth-order valence-corrected chi connectivity index (χ4v) is 1.20. The Labute approximate surface area is 99.9 Å². The molecule has 0 atom stereocenters. The van der Waals surface area contributed by atoms with E-state index in [0.717, 1.165) is 0 Å². The molecule has 6 nitrogen and oxygen atoms in total. The maximum Gasteiger partial charge on any atom is 0.707 e. The average Bonchev–Trinajstić information content (AvgIpc) is 2.30. The van der Waals surface area contributed by atoms with Crippen LogP contribution in [0.1, 0.15) is 0 Å². The fraction of sp³-hybridized carbons (Fsp3) is 0.400. The second-order valence-corrected chi connectivity index (χ2v) is 3.10. The lowest BCUT2D eigenvalue weighted by Crippen LogP contribution is -2.20. The molecule has 0 fully saturated rings. The Morgan fingerprint density at radius 2 is 1.88 bits per heavy atom. The Morgan fingerprint density at radius 3 is 2.47 bits per heavy atom. The van der Waals surface area contributed by atoms with Crippen LogP contribution in [-0.2, 0) is 4.74 Å². The van der Waals surface area contributed by atoms with E-state index < -0.39 is 7.32 Å². The molecule has 0 amide bonds. The van der Waals surface area contributed by atoms with Crippen LogP contribution < -0.4 is 14.1 Å². The van der Waals surface area contributed by atoms with Crippen LogP contribution in [0.3, 0.4) is 0 Å². The van der Waals surface area contributed by atoms with Crippen molar-refractivity contribution in [2.24, 2.45) is 0 Å². The summed E-state index contributed by atoms with van der Waals surface area (Å²) < 4.78 is 20.0. The van der Waals surface area contributed by atoms with Crippen LogP contribution in [0.4, 0.5) is 0 Å². The number of hydrogen-bond acceptors (Lipinski definition) is 6. The van der Waals surface area contributed by atoms with Gasteiger partial charge in [0.05, 0.1) is 13.7 Å². The quantitative estimate of drug-likeness (QED) is 0.520. The molecule has 94 valence electrons. The van der Waals surface area contributed by atoms with Gasteiger partial charge in [0.15, 0.2) is 11.5 Å². The summed E-state index contributed by atoms with van der Waals surface area (Å²) >= 11 is 0. The molecule has 0 aromatic heterocycles. The molecule has 17 heavy (non-hydrogen) atoms. The minimum Gasteiger partial charge on any atom is -0.512 e. The fourth-order valence-electron chi connectivity index (χ4n) is 1.20. The summed E-state index contributed by atoms with van der Waals surface area (Å²) in [6.07, 6.45) is 0. The summed E-state index contributed by atoms with van der Waals surface area (Å²) in [4.78, 5) is 0. The Kier molecular flexibility index (Phi) is 5.61. The maximum absolute atomic E-state index is 8.66. The first-order valence-electron chi connectivity index (χ1n) is 5.00. The van der Waals surface area contributed by atoms with Gasteiger partial charge >= 0.3 is 7.32 Å². The third kappa shape index (κ3) is 4.52. The Balaban J connectivity index is 2.71. The smallest absolute Gasteiger partial charge is 0.512 e. The molecule has 0 heterocycles. The minimum atomic E-state index is -1.86. The third-order valence-electron chi connectivity index (χ3n) is 1.92. The molecule has 0 radical (unpaired) electrons. The van der Waals surface area contributed by atoms with Crippen molar-refractivity contribution in [3.05, 3.63) is 18.2 Å². The highest BCUT2D eigenvalue weighted by Crippen LogP contribution is 2.31. The number of hydrogen-bond donors (Lipinski definition) is 2. The summed E-state index contributed by atoms with van der Waals surface area (Å²) in [6.45, 7) is 0.868. The van der Waals surface area contributed by atoms with Crippen LogP contribution in [0.25, 0.3) is 0 Å². The van der Waals surface area contributed by atoms with E-state index >= 15 is 0 Å². The number of benzene rings is 1.